The fourth-order valence-corrected chi connectivity index (χ4v) is 3.19. The van der Waals surface area contributed by atoms with Crippen LogP contribution < -0.4 is 10.6 Å². The van der Waals surface area contributed by atoms with Gasteiger partial charge in [-0.05, 0) is 31.5 Å². The Morgan fingerprint density at radius 3 is 2.52 bits per heavy atom. The van der Waals surface area contributed by atoms with Gasteiger partial charge in [0.2, 0.25) is 11.8 Å². The first-order chi connectivity index (χ1) is 13.5. The quantitative estimate of drug-likeness (QED) is 0.543. The minimum atomic E-state index is -4.65. The van der Waals surface area contributed by atoms with Gasteiger partial charge in [-0.3, -0.25) is 9.59 Å². The molecule has 11 heteroatoms. The van der Waals surface area contributed by atoms with Gasteiger partial charge in [-0.2, -0.15) is 13.2 Å². The van der Waals surface area contributed by atoms with Gasteiger partial charge < -0.3 is 15.5 Å². The lowest BCUT2D eigenvalue weighted by Gasteiger charge is -2.30. The number of rotatable bonds is 6. The standard InChI is InChI=1S/C18H21F6N3O2/c1-25-11(5-10-6-13(20)14(21)8-12(10)19)7-16(28)27-4-2-3-26-17(29)15(27)9-18(22,23)24/h6,8,11,15,25H,2-5,7,9H2,1H3,(H,26,29)/t11-,15-/m1/s1. The monoisotopic (exact) mass is 425 g/mol. The zero-order valence-corrected chi connectivity index (χ0v) is 15.6. The van der Waals surface area contributed by atoms with Crippen LogP contribution in [0.2, 0.25) is 0 Å². The molecule has 2 atom stereocenters. The van der Waals surface area contributed by atoms with Crippen LogP contribution in [-0.4, -0.2) is 55.1 Å². The van der Waals surface area contributed by atoms with E-state index in [9.17, 15) is 35.9 Å². The number of hydrogen-bond acceptors (Lipinski definition) is 3. The average molecular weight is 425 g/mol. The van der Waals surface area contributed by atoms with Gasteiger partial charge in [0.1, 0.15) is 11.9 Å². The summed E-state index contributed by atoms with van der Waals surface area (Å²) >= 11 is 0. The number of halogens is 6. The predicted octanol–water partition coefficient (Wildman–Crippen LogP) is 2.29. The summed E-state index contributed by atoms with van der Waals surface area (Å²) in [7, 11) is 1.44. The van der Waals surface area contributed by atoms with Crippen molar-refractivity contribution in [2.45, 2.75) is 43.9 Å². The molecule has 0 aromatic heterocycles. The predicted molar refractivity (Wildman–Crippen MR) is 91.3 cm³/mol. The Morgan fingerprint density at radius 2 is 1.90 bits per heavy atom. The first-order valence-corrected chi connectivity index (χ1v) is 8.96. The highest BCUT2D eigenvalue weighted by atomic mass is 19.4. The Bertz CT molecular complexity index is 756. The van der Waals surface area contributed by atoms with Gasteiger partial charge in [-0.15, -0.1) is 0 Å². The maximum absolute atomic E-state index is 13.9. The molecular weight excluding hydrogens is 404 g/mol. The average Bonchev–Trinajstić information content (AvgIpc) is 2.79. The van der Waals surface area contributed by atoms with Gasteiger partial charge >= 0.3 is 6.18 Å². The van der Waals surface area contributed by atoms with Crippen LogP contribution >= 0.6 is 0 Å². The highest BCUT2D eigenvalue weighted by Gasteiger charge is 2.41. The number of likely N-dealkylation sites (N-methyl/N-ethyl adjacent to an activating group) is 1. The van der Waals surface area contributed by atoms with Crippen molar-refractivity contribution in [2.24, 2.45) is 0 Å². The van der Waals surface area contributed by atoms with E-state index in [-0.39, 0.29) is 37.9 Å². The summed E-state index contributed by atoms with van der Waals surface area (Å²) in [5.41, 5.74) is -0.184. The number of carbonyl (C=O) groups is 2. The summed E-state index contributed by atoms with van der Waals surface area (Å²) in [6.07, 6.45) is -6.39. The van der Waals surface area contributed by atoms with E-state index in [1.54, 1.807) is 0 Å². The van der Waals surface area contributed by atoms with Crippen LogP contribution in [0.15, 0.2) is 12.1 Å². The molecule has 1 aromatic rings. The van der Waals surface area contributed by atoms with E-state index in [0.29, 0.717) is 12.1 Å². The van der Waals surface area contributed by atoms with Crippen molar-refractivity contribution in [3.05, 3.63) is 35.1 Å². The van der Waals surface area contributed by atoms with E-state index in [1.165, 1.54) is 7.05 Å². The van der Waals surface area contributed by atoms with E-state index in [2.05, 4.69) is 10.6 Å². The second kappa shape index (κ2) is 9.47. The molecule has 0 spiro atoms. The fraction of sp³-hybridized carbons (Fsp3) is 0.556. The van der Waals surface area contributed by atoms with Crippen LogP contribution in [0.3, 0.4) is 0 Å². The lowest BCUT2D eigenvalue weighted by atomic mass is 10.0. The van der Waals surface area contributed by atoms with E-state index >= 15 is 0 Å². The van der Waals surface area contributed by atoms with Crippen LogP contribution in [0.4, 0.5) is 26.3 Å². The maximum atomic E-state index is 13.9. The second-order valence-corrected chi connectivity index (χ2v) is 6.82. The zero-order valence-electron chi connectivity index (χ0n) is 15.6. The number of nitrogens with one attached hydrogen (secondary N) is 2. The first kappa shape index (κ1) is 23.0. The summed E-state index contributed by atoms with van der Waals surface area (Å²) < 4.78 is 78.9. The molecule has 29 heavy (non-hydrogen) atoms. The number of carbonyl (C=O) groups excluding carboxylic acids is 2. The number of amides is 2. The van der Waals surface area contributed by atoms with Gasteiger partial charge in [-0.1, -0.05) is 0 Å². The highest BCUT2D eigenvalue weighted by Crippen LogP contribution is 2.26. The lowest BCUT2D eigenvalue weighted by molar-refractivity contribution is -0.161. The van der Waals surface area contributed by atoms with Crippen LogP contribution in [-0.2, 0) is 16.0 Å². The molecule has 2 rings (SSSR count). The summed E-state index contributed by atoms with van der Waals surface area (Å²) in [6, 6.07) is -1.40. The normalized spacial score (nSPS) is 18.9. The van der Waals surface area contributed by atoms with E-state index in [1.807, 2.05) is 0 Å². The molecule has 0 aliphatic carbocycles. The molecule has 1 heterocycles. The Balaban J connectivity index is 2.15. The molecule has 162 valence electrons. The molecule has 2 amide bonds. The zero-order chi connectivity index (χ0) is 21.8. The summed E-state index contributed by atoms with van der Waals surface area (Å²) in [4.78, 5) is 25.6. The highest BCUT2D eigenvalue weighted by molar-refractivity contribution is 5.88. The molecule has 0 bridgehead atoms. The van der Waals surface area contributed by atoms with Crippen molar-refractivity contribution in [2.75, 3.05) is 20.1 Å². The van der Waals surface area contributed by atoms with Crippen molar-refractivity contribution in [1.29, 1.82) is 0 Å². The molecular formula is C18H21F6N3O2. The molecule has 1 aliphatic heterocycles. The second-order valence-electron chi connectivity index (χ2n) is 6.82. The molecule has 1 saturated heterocycles. The van der Waals surface area contributed by atoms with Crippen molar-refractivity contribution >= 4 is 11.8 Å². The van der Waals surface area contributed by atoms with Gasteiger partial charge in [0.05, 0.1) is 6.42 Å². The fourth-order valence-electron chi connectivity index (χ4n) is 3.19. The van der Waals surface area contributed by atoms with E-state index < -0.39 is 53.9 Å². The lowest BCUT2D eigenvalue weighted by Crippen LogP contribution is -2.50. The Labute approximate surface area is 163 Å². The van der Waals surface area contributed by atoms with Crippen LogP contribution in [0, 0.1) is 17.5 Å². The van der Waals surface area contributed by atoms with Crippen molar-refractivity contribution in [1.82, 2.24) is 15.5 Å². The molecule has 2 N–H and O–H groups in total. The third-order valence-electron chi connectivity index (χ3n) is 4.68. The van der Waals surface area contributed by atoms with Crippen LogP contribution in [0.25, 0.3) is 0 Å². The Hall–Kier alpha value is -2.30. The van der Waals surface area contributed by atoms with Gasteiger partial charge in [0.15, 0.2) is 11.6 Å². The van der Waals surface area contributed by atoms with Crippen LogP contribution in [0.5, 0.6) is 0 Å². The number of benzene rings is 1. The minimum absolute atomic E-state index is 0.0473. The van der Waals surface area contributed by atoms with Crippen molar-refractivity contribution in [3.8, 4) is 0 Å². The summed E-state index contributed by atoms with van der Waals surface area (Å²) in [5.74, 6) is -5.22. The smallest absolute Gasteiger partial charge is 0.354 e. The third-order valence-corrected chi connectivity index (χ3v) is 4.68. The van der Waals surface area contributed by atoms with Gasteiger partial charge in [0, 0.05) is 31.6 Å². The third kappa shape index (κ3) is 6.34. The topological polar surface area (TPSA) is 61.4 Å². The molecule has 5 nitrogen and oxygen atoms in total. The molecule has 0 radical (unpaired) electrons. The van der Waals surface area contributed by atoms with Crippen molar-refractivity contribution < 1.29 is 35.9 Å². The Kier molecular flexibility index (Phi) is 7.50. The van der Waals surface area contributed by atoms with Gasteiger partial charge in [-0.25, -0.2) is 13.2 Å². The number of hydrogen-bond donors (Lipinski definition) is 2. The first-order valence-electron chi connectivity index (χ1n) is 8.96. The largest absolute Gasteiger partial charge is 0.391 e. The molecule has 0 unspecified atom stereocenters. The molecule has 0 saturated carbocycles. The van der Waals surface area contributed by atoms with Crippen LogP contribution in [0.1, 0.15) is 24.8 Å². The summed E-state index contributed by atoms with van der Waals surface area (Å²) in [5, 5.41) is 5.07. The minimum Gasteiger partial charge on any atom is -0.354 e. The van der Waals surface area contributed by atoms with Crippen molar-refractivity contribution in [3.63, 3.8) is 0 Å². The number of alkyl halides is 3. The SMILES string of the molecule is CN[C@@H](CC(=O)N1CCCNC(=O)[C@H]1CC(F)(F)F)Cc1cc(F)c(F)cc1F. The van der Waals surface area contributed by atoms with E-state index in [0.717, 1.165) is 4.90 Å². The summed E-state index contributed by atoms with van der Waals surface area (Å²) in [6.45, 7) is 0.0980. The maximum Gasteiger partial charge on any atom is 0.391 e. The van der Waals surface area contributed by atoms with E-state index in [4.69, 9.17) is 0 Å². The molecule has 1 fully saturated rings. The molecule has 1 aliphatic rings. The molecule has 1 aromatic carbocycles. The Morgan fingerprint density at radius 1 is 1.24 bits per heavy atom. The number of nitrogens with zero attached hydrogens (tertiary/aromatic N) is 1. The van der Waals surface area contributed by atoms with Gasteiger partial charge in [0.25, 0.3) is 0 Å².